The molecule has 3 rings (SSSR count). The maximum absolute atomic E-state index is 11.9. The van der Waals surface area contributed by atoms with Gasteiger partial charge in [-0.05, 0) is 47.4 Å². The number of aliphatic hydroxyl groups excluding tert-OH is 1. The first kappa shape index (κ1) is 14.6. The molecular formula is C18H19NO3. The van der Waals surface area contributed by atoms with Crippen molar-refractivity contribution in [2.45, 2.75) is 25.4 Å². The van der Waals surface area contributed by atoms with Crippen molar-refractivity contribution in [1.29, 1.82) is 0 Å². The standard InChI is InChI=1S/C18H19NO3/c1-3-14-15-10-12(7-8-16(15)19-18(14)21)17(20)11-5-4-6-13(9-11)22-2/h4-10,14,17,20H,3H2,1-2H3,(H,19,21). The lowest BCUT2D eigenvalue weighted by molar-refractivity contribution is -0.117. The van der Waals surface area contributed by atoms with E-state index in [4.69, 9.17) is 4.74 Å². The zero-order chi connectivity index (χ0) is 15.7. The van der Waals surface area contributed by atoms with Crippen LogP contribution in [0.2, 0.25) is 0 Å². The highest BCUT2D eigenvalue weighted by atomic mass is 16.5. The van der Waals surface area contributed by atoms with Crippen LogP contribution in [0, 0.1) is 0 Å². The summed E-state index contributed by atoms with van der Waals surface area (Å²) < 4.78 is 5.20. The van der Waals surface area contributed by atoms with Gasteiger partial charge in [0.15, 0.2) is 0 Å². The fourth-order valence-corrected chi connectivity index (χ4v) is 2.92. The van der Waals surface area contributed by atoms with Crippen molar-refractivity contribution in [2.75, 3.05) is 12.4 Å². The van der Waals surface area contributed by atoms with E-state index >= 15 is 0 Å². The van der Waals surface area contributed by atoms with Crippen molar-refractivity contribution >= 4 is 11.6 Å². The smallest absolute Gasteiger partial charge is 0.231 e. The summed E-state index contributed by atoms with van der Waals surface area (Å²) >= 11 is 0. The molecule has 1 aliphatic heterocycles. The fraction of sp³-hybridized carbons (Fsp3) is 0.278. The Morgan fingerprint density at radius 1 is 1.23 bits per heavy atom. The number of hydrogen-bond acceptors (Lipinski definition) is 3. The molecule has 0 aliphatic carbocycles. The Labute approximate surface area is 129 Å². The normalized spacial score (nSPS) is 17.8. The highest BCUT2D eigenvalue weighted by Crippen LogP contribution is 2.37. The van der Waals surface area contributed by atoms with E-state index in [-0.39, 0.29) is 11.8 Å². The highest BCUT2D eigenvalue weighted by Gasteiger charge is 2.29. The quantitative estimate of drug-likeness (QED) is 0.911. The van der Waals surface area contributed by atoms with Crippen LogP contribution in [0.15, 0.2) is 42.5 Å². The maximum Gasteiger partial charge on any atom is 0.231 e. The van der Waals surface area contributed by atoms with E-state index in [1.165, 1.54) is 0 Å². The molecule has 22 heavy (non-hydrogen) atoms. The van der Waals surface area contributed by atoms with Crippen LogP contribution in [0.4, 0.5) is 5.69 Å². The number of benzene rings is 2. The van der Waals surface area contributed by atoms with Crippen molar-refractivity contribution in [1.82, 2.24) is 0 Å². The van der Waals surface area contributed by atoms with Gasteiger partial charge in [0.1, 0.15) is 11.9 Å². The van der Waals surface area contributed by atoms with Crippen LogP contribution in [0.1, 0.15) is 42.1 Å². The molecule has 1 heterocycles. The molecule has 0 fully saturated rings. The number of anilines is 1. The van der Waals surface area contributed by atoms with Crippen molar-refractivity contribution in [2.24, 2.45) is 0 Å². The van der Waals surface area contributed by atoms with Crippen LogP contribution in [0.25, 0.3) is 0 Å². The van der Waals surface area contributed by atoms with Gasteiger partial charge in [0.05, 0.1) is 13.0 Å². The lowest BCUT2D eigenvalue weighted by Crippen LogP contribution is -2.10. The predicted molar refractivity (Wildman–Crippen MR) is 85.2 cm³/mol. The average Bonchev–Trinajstić information content (AvgIpc) is 2.88. The second-order valence-electron chi connectivity index (χ2n) is 5.48. The summed E-state index contributed by atoms with van der Waals surface area (Å²) in [7, 11) is 1.60. The molecule has 0 saturated carbocycles. The molecule has 1 aliphatic rings. The van der Waals surface area contributed by atoms with Crippen LogP contribution >= 0.6 is 0 Å². The number of nitrogens with one attached hydrogen (secondary N) is 1. The number of rotatable bonds is 4. The Balaban J connectivity index is 1.96. The van der Waals surface area contributed by atoms with Crippen molar-refractivity contribution < 1.29 is 14.6 Å². The summed E-state index contributed by atoms with van der Waals surface area (Å²) in [6.45, 7) is 1.99. The first-order valence-corrected chi connectivity index (χ1v) is 7.40. The number of fused-ring (bicyclic) bond motifs is 1. The number of methoxy groups -OCH3 is 1. The fourth-order valence-electron chi connectivity index (χ4n) is 2.92. The number of amides is 1. The van der Waals surface area contributed by atoms with Gasteiger partial charge in [-0.1, -0.05) is 25.1 Å². The largest absolute Gasteiger partial charge is 0.497 e. The number of ether oxygens (including phenoxy) is 1. The summed E-state index contributed by atoms with van der Waals surface area (Å²) in [5.74, 6) is 0.610. The molecule has 114 valence electrons. The van der Waals surface area contributed by atoms with Gasteiger partial charge in [0.25, 0.3) is 0 Å². The van der Waals surface area contributed by atoms with Gasteiger partial charge in [0.2, 0.25) is 5.91 Å². The molecule has 0 saturated heterocycles. The summed E-state index contributed by atoms with van der Waals surface area (Å²) in [4.78, 5) is 11.9. The first-order chi connectivity index (χ1) is 10.6. The molecule has 2 unspecified atom stereocenters. The number of carbonyl (C=O) groups is 1. The van der Waals surface area contributed by atoms with Gasteiger partial charge in [-0.3, -0.25) is 4.79 Å². The summed E-state index contributed by atoms with van der Waals surface area (Å²) in [5.41, 5.74) is 3.36. The highest BCUT2D eigenvalue weighted by molar-refractivity contribution is 6.02. The zero-order valence-electron chi connectivity index (χ0n) is 12.7. The van der Waals surface area contributed by atoms with Gasteiger partial charge < -0.3 is 15.2 Å². The SMILES string of the molecule is CCC1C(=O)Nc2ccc(C(O)c3cccc(OC)c3)cc21. The van der Waals surface area contributed by atoms with Gasteiger partial charge >= 0.3 is 0 Å². The second kappa shape index (κ2) is 5.81. The second-order valence-corrected chi connectivity index (χ2v) is 5.48. The molecule has 1 amide bonds. The van der Waals surface area contributed by atoms with Gasteiger partial charge in [-0.25, -0.2) is 0 Å². The third-order valence-corrected chi connectivity index (χ3v) is 4.16. The third kappa shape index (κ3) is 2.46. The van der Waals surface area contributed by atoms with Gasteiger partial charge in [-0.15, -0.1) is 0 Å². The molecule has 4 heteroatoms. The molecule has 2 aromatic carbocycles. The monoisotopic (exact) mass is 297 g/mol. The molecule has 0 spiro atoms. The van der Waals surface area contributed by atoms with Crippen LogP contribution in [0.5, 0.6) is 5.75 Å². The van der Waals surface area contributed by atoms with E-state index in [0.29, 0.717) is 5.75 Å². The Morgan fingerprint density at radius 2 is 2.00 bits per heavy atom. The summed E-state index contributed by atoms with van der Waals surface area (Å²) in [6.07, 6.45) is 0.00553. The lowest BCUT2D eigenvalue weighted by atomic mass is 9.93. The van der Waals surface area contributed by atoms with E-state index in [0.717, 1.165) is 28.8 Å². The molecule has 4 nitrogen and oxygen atoms in total. The minimum absolute atomic E-state index is 0.0329. The van der Waals surface area contributed by atoms with Crippen LogP contribution in [-0.2, 0) is 4.79 Å². The molecule has 2 atom stereocenters. The van der Waals surface area contributed by atoms with E-state index in [9.17, 15) is 9.90 Å². The molecule has 0 aromatic heterocycles. The Morgan fingerprint density at radius 3 is 2.73 bits per heavy atom. The first-order valence-electron chi connectivity index (χ1n) is 7.40. The molecule has 2 aromatic rings. The number of aliphatic hydroxyl groups is 1. The average molecular weight is 297 g/mol. The van der Waals surface area contributed by atoms with Crippen LogP contribution in [-0.4, -0.2) is 18.1 Å². The van der Waals surface area contributed by atoms with Crippen LogP contribution < -0.4 is 10.1 Å². The Bertz CT molecular complexity index is 711. The summed E-state index contributed by atoms with van der Waals surface area (Å²) in [6, 6.07) is 13.0. The van der Waals surface area contributed by atoms with E-state index < -0.39 is 6.10 Å². The van der Waals surface area contributed by atoms with Crippen LogP contribution in [0.3, 0.4) is 0 Å². The minimum Gasteiger partial charge on any atom is -0.497 e. The van der Waals surface area contributed by atoms with E-state index in [1.54, 1.807) is 7.11 Å². The number of hydrogen-bond donors (Lipinski definition) is 2. The third-order valence-electron chi connectivity index (χ3n) is 4.16. The van der Waals surface area contributed by atoms with Gasteiger partial charge in [0, 0.05) is 5.69 Å². The Hall–Kier alpha value is -2.33. The zero-order valence-corrected chi connectivity index (χ0v) is 12.7. The van der Waals surface area contributed by atoms with Crippen molar-refractivity contribution in [3.8, 4) is 5.75 Å². The topological polar surface area (TPSA) is 58.6 Å². The van der Waals surface area contributed by atoms with Crippen molar-refractivity contribution in [3.05, 3.63) is 59.2 Å². The van der Waals surface area contributed by atoms with Gasteiger partial charge in [-0.2, -0.15) is 0 Å². The van der Waals surface area contributed by atoms with Crippen molar-refractivity contribution in [3.63, 3.8) is 0 Å². The summed E-state index contributed by atoms with van der Waals surface area (Å²) in [5, 5.41) is 13.5. The molecular weight excluding hydrogens is 278 g/mol. The predicted octanol–water partition coefficient (Wildman–Crippen LogP) is 3.22. The lowest BCUT2D eigenvalue weighted by Gasteiger charge is -2.14. The number of carbonyl (C=O) groups excluding carboxylic acids is 1. The van der Waals surface area contributed by atoms with E-state index in [1.807, 2.05) is 49.4 Å². The minimum atomic E-state index is -0.742. The van der Waals surface area contributed by atoms with E-state index in [2.05, 4.69) is 5.32 Å². The molecule has 0 bridgehead atoms. The molecule has 0 radical (unpaired) electrons. The molecule has 2 N–H and O–H groups in total. The maximum atomic E-state index is 11.9. The Kier molecular flexibility index (Phi) is 3.86.